The molecule has 0 radical (unpaired) electrons. The molecule has 1 aromatic rings. The van der Waals surface area contributed by atoms with Gasteiger partial charge in [-0.15, -0.1) is 0 Å². The lowest BCUT2D eigenvalue weighted by Gasteiger charge is -2.16. The molecule has 1 unspecified atom stereocenters. The first kappa shape index (κ1) is 16.5. The first-order valence-electron chi connectivity index (χ1n) is 5.57. The third-order valence-electron chi connectivity index (χ3n) is 2.58. The Morgan fingerprint density at radius 2 is 1.95 bits per heavy atom. The highest BCUT2D eigenvalue weighted by Gasteiger charge is 2.47. The van der Waals surface area contributed by atoms with Crippen molar-refractivity contribution in [3.8, 4) is 0 Å². The average molecular weight is 310 g/mol. The van der Waals surface area contributed by atoms with Crippen molar-refractivity contribution in [2.45, 2.75) is 18.9 Å². The second-order valence-corrected chi connectivity index (χ2v) is 6.59. The van der Waals surface area contributed by atoms with Crippen LogP contribution in [0.3, 0.4) is 0 Å². The summed E-state index contributed by atoms with van der Waals surface area (Å²) < 4.78 is 60.8. The zero-order chi connectivity index (χ0) is 15.6. The third-order valence-corrected chi connectivity index (χ3v) is 4.20. The van der Waals surface area contributed by atoms with Gasteiger partial charge in [-0.3, -0.25) is 4.79 Å². The number of hydrogen-bond acceptors (Lipinski definition) is 3. The van der Waals surface area contributed by atoms with Crippen LogP contribution in [0.2, 0.25) is 0 Å². The number of carbonyl (C=O) groups is 1. The molecule has 0 aliphatic carbocycles. The van der Waals surface area contributed by atoms with Gasteiger partial charge in [0.2, 0.25) is 0 Å². The van der Waals surface area contributed by atoms with E-state index < -0.39 is 39.4 Å². The second kappa shape index (κ2) is 5.82. The molecule has 112 valence electrons. The Morgan fingerprint density at radius 1 is 1.35 bits per heavy atom. The minimum Gasteiger partial charge on any atom is -0.481 e. The van der Waals surface area contributed by atoms with E-state index in [4.69, 9.17) is 5.11 Å². The molecule has 1 rings (SSSR count). The molecule has 0 fully saturated rings. The zero-order valence-corrected chi connectivity index (χ0v) is 11.3. The van der Waals surface area contributed by atoms with Gasteiger partial charge in [0.15, 0.2) is 15.8 Å². The first-order valence-corrected chi connectivity index (χ1v) is 7.39. The van der Waals surface area contributed by atoms with Gasteiger partial charge >= 0.3 is 12.1 Å². The molecule has 0 aliphatic rings. The maximum Gasteiger partial charge on any atom is 0.403 e. The standard InChI is InChI=1S/C12H13F3O4S/c1-8-3-2-4-9(5-8)6-20(18,19)7-10(11(16)17)12(13,14)15/h2-5,10H,6-7H2,1H3,(H,16,17). The first-order chi connectivity index (χ1) is 9.01. The van der Waals surface area contributed by atoms with Crippen molar-refractivity contribution in [2.75, 3.05) is 5.75 Å². The quantitative estimate of drug-likeness (QED) is 0.905. The molecule has 4 nitrogen and oxygen atoms in total. The molecule has 1 aromatic carbocycles. The molecular formula is C12H13F3O4S. The summed E-state index contributed by atoms with van der Waals surface area (Å²) >= 11 is 0. The van der Waals surface area contributed by atoms with Crippen LogP contribution in [0.25, 0.3) is 0 Å². The van der Waals surface area contributed by atoms with E-state index in [-0.39, 0.29) is 0 Å². The predicted molar refractivity (Wildman–Crippen MR) is 65.9 cm³/mol. The van der Waals surface area contributed by atoms with E-state index >= 15 is 0 Å². The Labute approximate surface area is 114 Å². The van der Waals surface area contributed by atoms with Crippen LogP contribution in [-0.4, -0.2) is 31.4 Å². The van der Waals surface area contributed by atoms with E-state index in [2.05, 4.69) is 0 Å². The van der Waals surface area contributed by atoms with Crippen LogP contribution >= 0.6 is 0 Å². The maximum absolute atomic E-state index is 12.5. The Hall–Kier alpha value is -1.57. The number of aliphatic carboxylic acids is 1. The van der Waals surface area contributed by atoms with Crippen molar-refractivity contribution in [1.29, 1.82) is 0 Å². The lowest BCUT2D eigenvalue weighted by Crippen LogP contribution is -2.36. The summed E-state index contributed by atoms with van der Waals surface area (Å²) in [5.41, 5.74) is 1.10. The smallest absolute Gasteiger partial charge is 0.403 e. The van der Waals surface area contributed by atoms with Crippen molar-refractivity contribution >= 4 is 15.8 Å². The molecule has 1 N–H and O–H groups in total. The number of carboxylic acid groups (broad SMARTS) is 1. The van der Waals surface area contributed by atoms with Crippen molar-refractivity contribution in [3.05, 3.63) is 35.4 Å². The Balaban J connectivity index is 2.92. The molecule has 1 atom stereocenters. The van der Waals surface area contributed by atoms with Gasteiger partial charge in [0, 0.05) is 0 Å². The van der Waals surface area contributed by atoms with Crippen molar-refractivity contribution in [2.24, 2.45) is 5.92 Å². The van der Waals surface area contributed by atoms with Crippen LogP contribution < -0.4 is 0 Å². The number of rotatable bonds is 5. The van der Waals surface area contributed by atoms with Crippen molar-refractivity contribution in [3.63, 3.8) is 0 Å². The molecule has 0 bridgehead atoms. The summed E-state index contributed by atoms with van der Waals surface area (Å²) in [6.45, 7) is 1.71. The minimum absolute atomic E-state index is 0.330. The monoisotopic (exact) mass is 310 g/mol. The van der Waals surface area contributed by atoms with E-state index in [0.29, 0.717) is 5.56 Å². The number of alkyl halides is 3. The molecular weight excluding hydrogens is 297 g/mol. The van der Waals surface area contributed by atoms with E-state index in [9.17, 15) is 26.4 Å². The summed E-state index contributed by atoms with van der Waals surface area (Å²) in [4.78, 5) is 10.5. The number of halogens is 3. The summed E-state index contributed by atoms with van der Waals surface area (Å²) in [5, 5.41) is 8.50. The highest BCUT2D eigenvalue weighted by Crippen LogP contribution is 2.28. The normalized spacial score (nSPS) is 14.0. The lowest BCUT2D eigenvalue weighted by atomic mass is 10.2. The maximum atomic E-state index is 12.5. The summed E-state index contributed by atoms with van der Waals surface area (Å²) in [6.07, 6.45) is -5.09. The minimum atomic E-state index is -5.09. The highest BCUT2D eigenvalue weighted by atomic mass is 32.2. The summed E-state index contributed by atoms with van der Waals surface area (Å²) in [5.74, 6) is -7.17. The molecule has 20 heavy (non-hydrogen) atoms. The predicted octanol–water partition coefficient (Wildman–Crippen LogP) is 2.17. The SMILES string of the molecule is Cc1cccc(CS(=O)(=O)CC(C(=O)O)C(F)(F)F)c1. The van der Waals surface area contributed by atoms with E-state index in [1.54, 1.807) is 19.1 Å². The van der Waals surface area contributed by atoms with Crippen LogP contribution in [-0.2, 0) is 20.4 Å². The topological polar surface area (TPSA) is 71.4 Å². The fourth-order valence-corrected chi connectivity index (χ4v) is 3.32. The summed E-state index contributed by atoms with van der Waals surface area (Å²) in [7, 11) is -4.18. The van der Waals surface area contributed by atoms with E-state index in [1.807, 2.05) is 0 Å². The number of hydrogen-bond donors (Lipinski definition) is 1. The third kappa shape index (κ3) is 4.84. The van der Waals surface area contributed by atoms with E-state index in [0.717, 1.165) is 5.56 Å². The number of aryl methyl sites for hydroxylation is 1. The van der Waals surface area contributed by atoms with Crippen LogP contribution in [0.15, 0.2) is 24.3 Å². The molecule has 0 spiro atoms. The van der Waals surface area contributed by atoms with E-state index in [1.165, 1.54) is 12.1 Å². The number of sulfone groups is 1. The number of carboxylic acids is 1. The number of benzene rings is 1. The molecule has 0 saturated heterocycles. The van der Waals surface area contributed by atoms with Gasteiger partial charge in [0.25, 0.3) is 0 Å². The van der Waals surface area contributed by atoms with Gasteiger partial charge in [-0.2, -0.15) is 13.2 Å². The largest absolute Gasteiger partial charge is 0.481 e. The van der Waals surface area contributed by atoms with Crippen LogP contribution in [0.4, 0.5) is 13.2 Å². The van der Waals surface area contributed by atoms with Gasteiger partial charge < -0.3 is 5.11 Å². The van der Waals surface area contributed by atoms with Gasteiger partial charge in [0.1, 0.15) is 0 Å². The van der Waals surface area contributed by atoms with Gasteiger partial charge in [-0.05, 0) is 12.5 Å². The molecule has 0 aliphatic heterocycles. The van der Waals surface area contributed by atoms with Crippen molar-refractivity contribution in [1.82, 2.24) is 0 Å². The second-order valence-electron chi connectivity index (χ2n) is 4.48. The van der Waals surface area contributed by atoms with Crippen LogP contribution in [0.1, 0.15) is 11.1 Å². The van der Waals surface area contributed by atoms with Gasteiger partial charge in [0.05, 0.1) is 11.5 Å². The zero-order valence-electron chi connectivity index (χ0n) is 10.5. The molecule has 0 saturated carbocycles. The Bertz CT molecular complexity index is 593. The fraction of sp³-hybridized carbons (Fsp3) is 0.417. The fourth-order valence-electron chi connectivity index (χ4n) is 1.67. The molecule has 0 aromatic heterocycles. The average Bonchev–Trinajstić information content (AvgIpc) is 2.23. The summed E-state index contributed by atoms with van der Waals surface area (Å²) in [6, 6.07) is 6.29. The van der Waals surface area contributed by atoms with Crippen LogP contribution in [0.5, 0.6) is 0 Å². The molecule has 0 heterocycles. The van der Waals surface area contributed by atoms with Gasteiger partial charge in [-0.1, -0.05) is 29.8 Å². The lowest BCUT2D eigenvalue weighted by molar-refractivity contribution is -0.189. The molecule has 0 amide bonds. The van der Waals surface area contributed by atoms with Crippen molar-refractivity contribution < 1.29 is 31.5 Å². The van der Waals surface area contributed by atoms with Gasteiger partial charge in [-0.25, -0.2) is 8.42 Å². The Morgan fingerprint density at radius 3 is 2.40 bits per heavy atom. The Kier molecular flexibility index (Phi) is 4.80. The van der Waals surface area contributed by atoms with Crippen LogP contribution in [0, 0.1) is 12.8 Å². The highest BCUT2D eigenvalue weighted by molar-refractivity contribution is 7.90. The molecule has 8 heteroatoms.